The van der Waals surface area contributed by atoms with Gasteiger partial charge in [-0.25, -0.2) is 0 Å². The van der Waals surface area contributed by atoms with Crippen molar-refractivity contribution in [1.29, 1.82) is 5.26 Å². The molecule has 0 aliphatic carbocycles. The molecule has 0 amide bonds. The minimum atomic E-state index is 0.678. The fourth-order valence-electron chi connectivity index (χ4n) is 0.460. The molecule has 0 atom stereocenters. The quantitative estimate of drug-likeness (QED) is 0.610. The Morgan fingerprint density at radius 2 is 1.64 bits per heavy atom. The zero-order valence-electron chi connectivity index (χ0n) is 6.01. The predicted molar refractivity (Wildman–Crippen MR) is 47.7 cm³/mol. The highest BCUT2D eigenvalue weighted by atomic mass is 35.5. The lowest BCUT2D eigenvalue weighted by atomic mass is 10.4. The van der Waals surface area contributed by atoms with Crippen LogP contribution in [0.25, 0.3) is 0 Å². The van der Waals surface area contributed by atoms with Crippen LogP contribution in [0.15, 0.2) is 24.3 Å². The Kier molecular flexibility index (Phi) is 5.64. The van der Waals surface area contributed by atoms with E-state index in [9.17, 15) is 0 Å². The third-order valence-electron chi connectivity index (χ3n) is 0.787. The molecule has 0 saturated carbocycles. The maximum Gasteiger partial charge on any atom is 0.0587 e. The van der Waals surface area contributed by atoms with E-state index < -0.39 is 0 Å². The molecule has 1 rings (SSSR count). The van der Waals surface area contributed by atoms with E-state index in [4.69, 9.17) is 28.5 Å². The molecule has 1 aromatic carbocycles. The highest BCUT2D eigenvalue weighted by Gasteiger charge is 1.84. The van der Waals surface area contributed by atoms with Crippen molar-refractivity contribution in [2.75, 3.05) is 0 Å². The molecule has 0 unspecified atom stereocenters. The van der Waals surface area contributed by atoms with Crippen LogP contribution in [0.5, 0.6) is 0 Å². The van der Waals surface area contributed by atoms with E-state index in [2.05, 4.69) is 0 Å². The highest BCUT2D eigenvalue weighted by Crippen LogP contribution is 2.13. The van der Waals surface area contributed by atoms with Crippen molar-refractivity contribution >= 4 is 23.2 Å². The van der Waals surface area contributed by atoms with Crippen molar-refractivity contribution in [3.63, 3.8) is 0 Å². The first-order valence-electron chi connectivity index (χ1n) is 2.92. The second-order valence-electron chi connectivity index (χ2n) is 1.66. The van der Waals surface area contributed by atoms with E-state index in [1.165, 1.54) is 6.92 Å². The van der Waals surface area contributed by atoms with Gasteiger partial charge >= 0.3 is 0 Å². The van der Waals surface area contributed by atoms with Gasteiger partial charge in [-0.15, -0.1) is 0 Å². The van der Waals surface area contributed by atoms with Crippen LogP contribution in [-0.4, -0.2) is 0 Å². The number of hydrogen-bond acceptors (Lipinski definition) is 1. The average Bonchev–Trinajstić information content (AvgIpc) is 1.88. The average molecular weight is 188 g/mol. The molecule has 3 heteroatoms. The minimum absolute atomic E-state index is 0.678. The van der Waals surface area contributed by atoms with Crippen molar-refractivity contribution in [1.82, 2.24) is 0 Å². The van der Waals surface area contributed by atoms with E-state index in [1.54, 1.807) is 24.3 Å². The molecule has 0 spiro atoms. The van der Waals surface area contributed by atoms with Crippen LogP contribution in [0.3, 0.4) is 0 Å². The van der Waals surface area contributed by atoms with Crippen LogP contribution in [0.1, 0.15) is 6.92 Å². The van der Waals surface area contributed by atoms with Crippen molar-refractivity contribution in [2.24, 2.45) is 0 Å². The molecule has 0 aliphatic rings. The lowest BCUT2D eigenvalue weighted by Crippen LogP contribution is -1.61. The Morgan fingerprint density at radius 3 is 1.82 bits per heavy atom. The van der Waals surface area contributed by atoms with Crippen LogP contribution >= 0.6 is 23.2 Å². The summed E-state index contributed by atoms with van der Waals surface area (Å²) >= 11 is 11.1. The summed E-state index contributed by atoms with van der Waals surface area (Å²) in [6, 6.07) is 8.83. The highest BCUT2D eigenvalue weighted by molar-refractivity contribution is 6.34. The number of rotatable bonds is 0. The first-order chi connectivity index (χ1) is 5.20. The second kappa shape index (κ2) is 6.03. The Hall–Kier alpha value is -0.710. The summed E-state index contributed by atoms with van der Waals surface area (Å²) < 4.78 is 0. The van der Waals surface area contributed by atoms with Crippen molar-refractivity contribution in [3.8, 4) is 6.07 Å². The summed E-state index contributed by atoms with van der Waals surface area (Å²) in [4.78, 5) is 0. The smallest absolute Gasteiger partial charge is 0.0587 e. The van der Waals surface area contributed by atoms with Crippen LogP contribution in [0.4, 0.5) is 0 Å². The van der Waals surface area contributed by atoms with Gasteiger partial charge in [-0.3, -0.25) is 0 Å². The molecule has 1 nitrogen and oxygen atoms in total. The molecule has 0 radical (unpaired) electrons. The molecule has 0 heterocycles. The first kappa shape index (κ1) is 10.3. The molecule has 58 valence electrons. The summed E-state index contributed by atoms with van der Waals surface area (Å²) in [5.74, 6) is 0. The second-order valence-corrected chi connectivity index (χ2v) is 2.54. The van der Waals surface area contributed by atoms with Gasteiger partial charge in [0.2, 0.25) is 0 Å². The molecule has 0 fully saturated rings. The maximum atomic E-state index is 7.32. The Balaban J connectivity index is 0.000000292. The van der Waals surface area contributed by atoms with Crippen LogP contribution in [-0.2, 0) is 0 Å². The van der Waals surface area contributed by atoms with E-state index in [0.29, 0.717) is 10.0 Å². The van der Waals surface area contributed by atoms with Gasteiger partial charge in [0, 0.05) is 17.0 Å². The number of benzene rings is 1. The van der Waals surface area contributed by atoms with Gasteiger partial charge in [-0.2, -0.15) is 5.26 Å². The molecule has 11 heavy (non-hydrogen) atoms. The summed E-state index contributed by atoms with van der Waals surface area (Å²) in [5.41, 5.74) is 0. The fourth-order valence-corrected chi connectivity index (χ4v) is 0.896. The summed E-state index contributed by atoms with van der Waals surface area (Å²) in [6.07, 6.45) is 0. The van der Waals surface area contributed by atoms with E-state index >= 15 is 0 Å². The van der Waals surface area contributed by atoms with Gasteiger partial charge in [0.05, 0.1) is 6.07 Å². The van der Waals surface area contributed by atoms with Crippen LogP contribution in [0, 0.1) is 11.3 Å². The molecule has 1 aromatic rings. The molecular weight excluding hydrogens is 181 g/mol. The van der Waals surface area contributed by atoms with Gasteiger partial charge < -0.3 is 0 Å². The molecule has 0 aliphatic heterocycles. The number of hydrogen-bond donors (Lipinski definition) is 0. The first-order valence-corrected chi connectivity index (χ1v) is 3.68. The van der Waals surface area contributed by atoms with Crippen molar-refractivity contribution < 1.29 is 0 Å². The van der Waals surface area contributed by atoms with E-state index in [1.807, 2.05) is 6.07 Å². The molecule has 0 aromatic heterocycles. The zero-order chi connectivity index (χ0) is 8.69. The number of nitriles is 1. The molecule has 0 saturated heterocycles. The van der Waals surface area contributed by atoms with Gasteiger partial charge in [0.1, 0.15) is 0 Å². The Bertz CT molecular complexity index is 235. The summed E-state index contributed by atoms with van der Waals surface area (Å²) in [5, 5.41) is 8.68. The van der Waals surface area contributed by atoms with Crippen LogP contribution < -0.4 is 0 Å². The topological polar surface area (TPSA) is 23.8 Å². The van der Waals surface area contributed by atoms with Crippen LogP contribution in [0.2, 0.25) is 10.0 Å². The third-order valence-corrected chi connectivity index (χ3v) is 1.26. The number of nitrogens with zero attached hydrogens (tertiary/aromatic N) is 1. The SMILES string of the molecule is CC#N.Clc1cccc(Cl)c1. The largest absolute Gasteiger partial charge is 0.199 e. The van der Waals surface area contributed by atoms with Crippen molar-refractivity contribution in [2.45, 2.75) is 6.92 Å². The number of halogens is 2. The van der Waals surface area contributed by atoms with Crippen molar-refractivity contribution in [3.05, 3.63) is 34.3 Å². The lowest BCUT2D eigenvalue weighted by Gasteiger charge is -1.86. The Morgan fingerprint density at radius 1 is 1.27 bits per heavy atom. The zero-order valence-corrected chi connectivity index (χ0v) is 7.52. The molecule has 0 bridgehead atoms. The van der Waals surface area contributed by atoms with Gasteiger partial charge in [-0.05, 0) is 18.2 Å². The lowest BCUT2D eigenvalue weighted by molar-refractivity contribution is 1.49. The van der Waals surface area contributed by atoms with Gasteiger partial charge in [-0.1, -0.05) is 29.3 Å². The van der Waals surface area contributed by atoms with E-state index in [0.717, 1.165) is 0 Å². The summed E-state index contributed by atoms with van der Waals surface area (Å²) in [6.45, 7) is 1.43. The standard InChI is InChI=1S/C6H4Cl2.C2H3N/c7-5-2-1-3-6(8)4-5;1-2-3/h1-4H;1H3. The minimum Gasteiger partial charge on any atom is -0.199 e. The predicted octanol–water partition coefficient (Wildman–Crippen LogP) is 3.52. The summed E-state index contributed by atoms with van der Waals surface area (Å²) in [7, 11) is 0. The fraction of sp³-hybridized carbons (Fsp3) is 0.125. The van der Waals surface area contributed by atoms with Gasteiger partial charge in [0.15, 0.2) is 0 Å². The maximum absolute atomic E-state index is 7.32. The monoisotopic (exact) mass is 187 g/mol. The third kappa shape index (κ3) is 5.72. The normalized spacial score (nSPS) is 7.45. The molecular formula is C8H7Cl2N. The van der Waals surface area contributed by atoms with Gasteiger partial charge in [0.25, 0.3) is 0 Å². The Labute approximate surface area is 76.2 Å². The molecule has 0 N–H and O–H groups in total. The van der Waals surface area contributed by atoms with E-state index in [-0.39, 0.29) is 0 Å².